The fraction of sp³-hybridized carbons (Fsp3) is 0.800. The molecule has 1 atom stereocenters. The molecule has 0 spiro atoms. The number of alkyl halides is 1. The lowest BCUT2D eigenvalue weighted by atomic mass is 10.1. The van der Waals surface area contributed by atoms with Crippen molar-refractivity contribution in [3.8, 4) is 0 Å². The zero-order valence-electron chi connectivity index (χ0n) is 13.5. The Morgan fingerprint density at radius 3 is 2.14 bits per heavy atom. The van der Waals surface area contributed by atoms with Gasteiger partial charge in [-0.2, -0.15) is 0 Å². The van der Waals surface area contributed by atoms with Crippen molar-refractivity contribution >= 4 is 29.3 Å². The van der Waals surface area contributed by atoms with Crippen LogP contribution in [0.5, 0.6) is 0 Å². The molecule has 6 nitrogen and oxygen atoms in total. The second-order valence-corrected chi connectivity index (χ2v) is 7.18. The Balaban J connectivity index is 1.91. The van der Waals surface area contributed by atoms with E-state index in [1.807, 2.05) is 20.8 Å². The summed E-state index contributed by atoms with van der Waals surface area (Å²) < 4.78 is 0. The summed E-state index contributed by atoms with van der Waals surface area (Å²) in [6.07, 6.45) is 0.289. The van der Waals surface area contributed by atoms with E-state index in [1.54, 1.807) is 14.7 Å². The van der Waals surface area contributed by atoms with Crippen molar-refractivity contribution in [2.75, 3.05) is 38.6 Å². The fourth-order valence-corrected chi connectivity index (χ4v) is 3.21. The molecule has 124 valence electrons. The minimum Gasteiger partial charge on any atom is -0.339 e. The minimum atomic E-state index is -0.262. The molecule has 2 aliphatic heterocycles. The highest BCUT2D eigenvalue weighted by Gasteiger charge is 2.41. The second-order valence-electron chi connectivity index (χ2n) is 6.92. The van der Waals surface area contributed by atoms with Gasteiger partial charge in [-0.25, -0.2) is 0 Å². The van der Waals surface area contributed by atoms with E-state index >= 15 is 0 Å². The Kier molecular flexibility index (Phi) is 5.00. The van der Waals surface area contributed by atoms with E-state index in [9.17, 15) is 14.4 Å². The molecule has 22 heavy (non-hydrogen) atoms. The van der Waals surface area contributed by atoms with Crippen LogP contribution in [0.15, 0.2) is 0 Å². The van der Waals surface area contributed by atoms with E-state index < -0.39 is 0 Å². The maximum atomic E-state index is 12.6. The topological polar surface area (TPSA) is 60.9 Å². The second kappa shape index (κ2) is 6.44. The van der Waals surface area contributed by atoms with E-state index in [2.05, 4.69) is 0 Å². The zero-order chi connectivity index (χ0) is 16.5. The molecule has 0 bridgehead atoms. The van der Waals surface area contributed by atoms with Gasteiger partial charge in [-0.05, 0) is 20.8 Å². The van der Waals surface area contributed by atoms with Crippen LogP contribution in [0.1, 0.15) is 27.2 Å². The summed E-state index contributed by atoms with van der Waals surface area (Å²) in [6.45, 7) is 8.49. The molecule has 3 amide bonds. The van der Waals surface area contributed by atoms with Gasteiger partial charge in [-0.3, -0.25) is 14.4 Å². The molecular weight excluding hydrogens is 306 g/mol. The highest BCUT2D eigenvalue weighted by molar-refractivity contribution is 6.27. The van der Waals surface area contributed by atoms with Gasteiger partial charge in [0.15, 0.2) is 0 Å². The fourth-order valence-electron chi connectivity index (χ4n) is 3.04. The standard InChI is InChI=1S/C15H24ClN3O3/c1-15(2,3)19-10-11(8-12(19)20)14(22)18-6-4-17(5-7-18)13(21)9-16/h11H,4-10H2,1-3H3. The molecule has 1 unspecified atom stereocenters. The first-order valence-electron chi connectivity index (χ1n) is 7.67. The average molecular weight is 330 g/mol. The van der Waals surface area contributed by atoms with Gasteiger partial charge in [0.25, 0.3) is 0 Å². The molecule has 2 rings (SSSR count). The SMILES string of the molecule is CC(C)(C)N1CC(C(=O)N2CCN(C(=O)CCl)CC2)CC1=O. The Hall–Kier alpha value is -1.30. The van der Waals surface area contributed by atoms with Crippen LogP contribution in [-0.4, -0.2) is 76.6 Å². The molecule has 0 aliphatic carbocycles. The third kappa shape index (κ3) is 3.54. The Morgan fingerprint density at radius 2 is 1.68 bits per heavy atom. The smallest absolute Gasteiger partial charge is 0.237 e. The van der Waals surface area contributed by atoms with Gasteiger partial charge < -0.3 is 14.7 Å². The molecule has 2 saturated heterocycles. The van der Waals surface area contributed by atoms with Crippen LogP contribution in [0.2, 0.25) is 0 Å². The summed E-state index contributed by atoms with van der Waals surface area (Å²) in [5, 5.41) is 0. The van der Waals surface area contributed by atoms with Crippen LogP contribution in [0.25, 0.3) is 0 Å². The summed E-state index contributed by atoms with van der Waals surface area (Å²) >= 11 is 5.55. The Morgan fingerprint density at radius 1 is 1.14 bits per heavy atom. The molecule has 2 heterocycles. The maximum absolute atomic E-state index is 12.6. The lowest BCUT2D eigenvalue weighted by Crippen LogP contribution is -2.52. The van der Waals surface area contributed by atoms with Crippen LogP contribution < -0.4 is 0 Å². The van der Waals surface area contributed by atoms with E-state index in [-0.39, 0.29) is 41.5 Å². The Labute approximate surface area is 136 Å². The van der Waals surface area contributed by atoms with Gasteiger partial charge in [-0.15, -0.1) is 11.6 Å². The van der Waals surface area contributed by atoms with E-state index in [0.29, 0.717) is 32.7 Å². The lowest BCUT2D eigenvalue weighted by Gasteiger charge is -2.36. The number of halogens is 1. The number of amides is 3. The lowest BCUT2D eigenvalue weighted by molar-refractivity contribution is -0.141. The van der Waals surface area contributed by atoms with Gasteiger partial charge in [-0.1, -0.05) is 0 Å². The first-order valence-corrected chi connectivity index (χ1v) is 8.20. The summed E-state index contributed by atoms with van der Waals surface area (Å²) in [7, 11) is 0. The van der Waals surface area contributed by atoms with Crippen LogP contribution in [0.4, 0.5) is 0 Å². The van der Waals surface area contributed by atoms with E-state index in [0.717, 1.165) is 0 Å². The third-order valence-electron chi connectivity index (χ3n) is 4.34. The van der Waals surface area contributed by atoms with Crippen molar-refractivity contribution in [2.24, 2.45) is 5.92 Å². The van der Waals surface area contributed by atoms with Gasteiger partial charge in [0, 0.05) is 44.7 Å². The third-order valence-corrected chi connectivity index (χ3v) is 4.57. The van der Waals surface area contributed by atoms with Crippen molar-refractivity contribution < 1.29 is 14.4 Å². The van der Waals surface area contributed by atoms with Crippen LogP contribution >= 0.6 is 11.6 Å². The number of likely N-dealkylation sites (tertiary alicyclic amines) is 1. The molecule has 2 aliphatic rings. The highest BCUT2D eigenvalue weighted by atomic mass is 35.5. The molecule has 0 aromatic carbocycles. The first-order chi connectivity index (χ1) is 10.2. The molecule has 7 heteroatoms. The van der Waals surface area contributed by atoms with Crippen molar-refractivity contribution in [1.29, 1.82) is 0 Å². The number of carbonyl (C=O) groups is 3. The number of hydrogen-bond acceptors (Lipinski definition) is 3. The van der Waals surface area contributed by atoms with Crippen molar-refractivity contribution in [3.05, 3.63) is 0 Å². The molecule has 0 N–H and O–H groups in total. The number of carbonyl (C=O) groups excluding carboxylic acids is 3. The normalized spacial score (nSPS) is 23.2. The predicted molar refractivity (Wildman–Crippen MR) is 83.5 cm³/mol. The molecule has 0 aromatic rings. The predicted octanol–water partition coefficient (Wildman–Crippen LogP) is 0.543. The molecule has 0 saturated carbocycles. The van der Waals surface area contributed by atoms with Crippen molar-refractivity contribution in [1.82, 2.24) is 14.7 Å². The van der Waals surface area contributed by atoms with E-state index in [4.69, 9.17) is 11.6 Å². The van der Waals surface area contributed by atoms with Crippen molar-refractivity contribution in [3.63, 3.8) is 0 Å². The van der Waals surface area contributed by atoms with Gasteiger partial charge in [0.1, 0.15) is 5.88 Å². The number of hydrogen-bond donors (Lipinski definition) is 0. The number of nitrogens with zero attached hydrogens (tertiary/aromatic N) is 3. The summed E-state index contributed by atoms with van der Waals surface area (Å²) in [6, 6.07) is 0. The highest BCUT2D eigenvalue weighted by Crippen LogP contribution is 2.27. The quantitative estimate of drug-likeness (QED) is 0.695. The van der Waals surface area contributed by atoms with Gasteiger partial charge >= 0.3 is 0 Å². The number of rotatable bonds is 2. The zero-order valence-corrected chi connectivity index (χ0v) is 14.2. The summed E-state index contributed by atoms with van der Waals surface area (Å²) in [5.41, 5.74) is -0.252. The molecule has 0 radical (unpaired) electrons. The molecular formula is C15H24ClN3O3. The summed E-state index contributed by atoms with van der Waals surface area (Å²) in [4.78, 5) is 41.4. The monoisotopic (exact) mass is 329 g/mol. The minimum absolute atomic E-state index is 0.0222. The van der Waals surface area contributed by atoms with E-state index in [1.165, 1.54) is 0 Å². The number of piperazine rings is 1. The van der Waals surface area contributed by atoms with Crippen molar-refractivity contribution in [2.45, 2.75) is 32.7 Å². The van der Waals surface area contributed by atoms with Gasteiger partial charge in [0.05, 0.1) is 5.92 Å². The van der Waals surface area contributed by atoms with Crippen LogP contribution in [-0.2, 0) is 14.4 Å². The average Bonchev–Trinajstić information content (AvgIpc) is 2.88. The largest absolute Gasteiger partial charge is 0.339 e. The van der Waals surface area contributed by atoms with Crippen LogP contribution in [0, 0.1) is 5.92 Å². The Bertz CT molecular complexity index is 467. The van der Waals surface area contributed by atoms with Gasteiger partial charge in [0.2, 0.25) is 17.7 Å². The molecule has 0 aromatic heterocycles. The van der Waals surface area contributed by atoms with Crippen LogP contribution in [0.3, 0.4) is 0 Å². The summed E-state index contributed by atoms with van der Waals surface area (Å²) in [5.74, 6) is -0.309. The molecule has 2 fully saturated rings. The maximum Gasteiger partial charge on any atom is 0.237 e. The first kappa shape index (κ1) is 17.1.